The van der Waals surface area contributed by atoms with E-state index in [2.05, 4.69) is 59.8 Å². The lowest BCUT2D eigenvalue weighted by Gasteiger charge is -2.59. The molecule has 29 heavy (non-hydrogen) atoms. The lowest BCUT2D eigenvalue weighted by Crippen LogP contribution is -2.54. The fourth-order valence-electron chi connectivity index (χ4n) is 8.33. The van der Waals surface area contributed by atoms with Crippen molar-refractivity contribution in [1.82, 2.24) is 0 Å². The van der Waals surface area contributed by atoms with E-state index < -0.39 is 0 Å². The third kappa shape index (κ3) is 3.38. The zero-order valence-corrected chi connectivity index (χ0v) is 20.0. The first-order chi connectivity index (χ1) is 13.7. The van der Waals surface area contributed by atoms with Gasteiger partial charge in [-0.1, -0.05) is 65.3 Å². The Hall–Kier alpha value is -0.560. The van der Waals surface area contributed by atoms with Gasteiger partial charge < -0.3 is 5.11 Å². The van der Waals surface area contributed by atoms with Crippen LogP contribution in [0.25, 0.3) is 0 Å². The average Bonchev–Trinajstić information content (AvgIpc) is 3.04. The molecule has 1 nitrogen and oxygen atoms in total. The van der Waals surface area contributed by atoms with Crippen LogP contribution in [-0.4, -0.2) is 11.2 Å². The van der Waals surface area contributed by atoms with Crippen molar-refractivity contribution < 1.29 is 5.11 Å². The van der Waals surface area contributed by atoms with E-state index in [-0.39, 0.29) is 11.5 Å². The van der Waals surface area contributed by atoms with E-state index in [4.69, 9.17) is 0 Å². The van der Waals surface area contributed by atoms with Crippen molar-refractivity contribution in [3.8, 4) is 0 Å². The maximum absolute atomic E-state index is 11.1. The fraction of sp³-hybridized carbons (Fsp3) is 0.857. The van der Waals surface area contributed by atoms with Crippen LogP contribution < -0.4 is 0 Å². The maximum Gasteiger partial charge on any atom is 0.0633 e. The van der Waals surface area contributed by atoms with Gasteiger partial charge in [-0.25, -0.2) is 0 Å². The molecular weight excluding hydrogens is 352 g/mol. The first-order valence-corrected chi connectivity index (χ1v) is 12.8. The summed E-state index contributed by atoms with van der Waals surface area (Å²) in [5.41, 5.74) is 2.17. The minimum Gasteiger partial charge on any atom is -0.392 e. The normalized spacial score (nSPS) is 46.8. The van der Waals surface area contributed by atoms with Crippen molar-refractivity contribution in [3.05, 3.63) is 23.8 Å². The predicted molar refractivity (Wildman–Crippen MR) is 124 cm³/mol. The van der Waals surface area contributed by atoms with Crippen molar-refractivity contribution in [3.63, 3.8) is 0 Å². The van der Waals surface area contributed by atoms with E-state index in [0.29, 0.717) is 23.2 Å². The number of aliphatic hydroxyl groups excluding tert-OH is 1. The predicted octanol–water partition coefficient (Wildman–Crippen LogP) is 7.41. The second-order valence-electron chi connectivity index (χ2n) is 12.1. The summed E-state index contributed by atoms with van der Waals surface area (Å²) in [5.74, 6) is 5.28. The van der Waals surface area contributed by atoms with E-state index in [1.807, 2.05) is 0 Å². The van der Waals surface area contributed by atoms with Crippen molar-refractivity contribution in [2.75, 3.05) is 0 Å². The first-order valence-electron chi connectivity index (χ1n) is 12.8. The van der Waals surface area contributed by atoms with E-state index >= 15 is 0 Å². The van der Waals surface area contributed by atoms with Crippen LogP contribution in [0, 0.1) is 52.3 Å². The van der Waals surface area contributed by atoms with Crippen LogP contribution in [0.15, 0.2) is 23.8 Å². The molecule has 4 aliphatic rings. The molecule has 0 aromatic heterocycles. The zero-order chi connectivity index (χ0) is 21.0. The summed E-state index contributed by atoms with van der Waals surface area (Å²) in [6, 6.07) is 0. The minimum absolute atomic E-state index is 0.0683. The highest BCUT2D eigenvalue weighted by Crippen LogP contribution is 2.67. The van der Waals surface area contributed by atoms with Crippen LogP contribution in [0.2, 0.25) is 0 Å². The van der Waals surface area contributed by atoms with E-state index in [0.717, 1.165) is 30.1 Å². The van der Waals surface area contributed by atoms with Gasteiger partial charge in [0.15, 0.2) is 0 Å². The summed E-state index contributed by atoms with van der Waals surface area (Å²) in [5, 5.41) is 11.1. The lowest BCUT2D eigenvalue weighted by molar-refractivity contribution is -0.0913. The van der Waals surface area contributed by atoms with Gasteiger partial charge in [0.1, 0.15) is 0 Å². The van der Waals surface area contributed by atoms with Gasteiger partial charge in [0.05, 0.1) is 6.10 Å². The summed E-state index contributed by atoms with van der Waals surface area (Å²) in [4.78, 5) is 0. The Morgan fingerprint density at radius 3 is 2.48 bits per heavy atom. The highest BCUT2D eigenvalue weighted by Gasteiger charge is 2.60. The molecule has 1 heteroatoms. The molecule has 0 spiro atoms. The molecule has 3 fully saturated rings. The number of aliphatic hydroxyl groups is 1. The third-order valence-electron chi connectivity index (χ3n) is 10.6. The topological polar surface area (TPSA) is 20.2 Å². The average molecular weight is 399 g/mol. The molecule has 0 heterocycles. The van der Waals surface area contributed by atoms with Crippen LogP contribution >= 0.6 is 0 Å². The molecule has 0 aromatic rings. The SMILES string of the molecule is CC(C)C(C)C=C[C@@H](C)[C@H]1CC[C@H]2[C@@H]3CC=C4CCCC(O)[C@]4(C)[C@H]3CC[C@]12C. The number of allylic oxidation sites excluding steroid dienone is 3. The van der Waals surface area contributed by atoms with Crippen LogP contribution in [-0.2, 0) is 0 Å². The molecule has 164 valence electrons. The Bertz CT molecular complexity index is 659. The molecule has 3 saturated carbocycles. The Morgan fingerprint density at radius 2 is 1.76 bits per heavy atom. The van der Waals surface area contributed by atoms with Gasteiger partial charge in [0.2, 0.25) is 0 Å². The van der Waals surface area contributed by atoms with Gasteiger partial charge in [-0.05, 0) is 98.2 Å². The number of hydrogen-bond donors (Lipinski definition) is 1. The Labute approximate surface area is 180 Å². The van der Waals surface area contributed by atoms with Gasteiger partial charge in [-0.3, -0.25) is 0 Å². The van der Waals surface area contributed by atoms with Crippen molar-refractivity contribution >= 4 is 0 Å². The second-order valence-corrected chi connectivity index (χ2v) is 12.1. The Balaban J connectivity index is 1.55. The molecule has 2 unspecified atom stereocenters. The molecule has 9 atom stereocenters. The Morgan fingerprint density at radius 1 is 1.00 bits per heavy atom. The maximum atomic E-state index is 11.1. The number of fused-ring (bicyclic) bond motifs is 5. The standard InChI is InChI=1S/C28H46O/c1-18(2)19(3)10-11-20(4)23-14-15-24-22-13-12-21-8-7-9-26(29)28(21,6)25(22)16-17-27(23,24)5/h10-12,18-20,22-26,29H,7-9,13-17H2,1-6H3/t19?,20-,22+,23-,24+,25+,26?,27-,28+/m1/s1. The molecular formula is C28H46O. The monoisotopic (exact) mass is 398 g/mol. The van der Waals surface area contributed by atoms with Crippen molar-refractivity contribution in [1.29, 1.82) is 0 Å². The Kier molecular flexibility index (Phi) is 5.86. The second kappa shape index (κ2) is 7.85. The molecule has 4 rings (SSSR count). The molecule has 0 bridgehead atoms. The molecule has 0 aromatic carbocycles. The zero-order valence-electron chi connectivity index (χ0n) is 20.0. The smallest absolute Gasteiger partial charge is 0.0633 e. The van der Waals surface area contributed by atoms with E-state index in [9.17, 15) is 5.11 Å². The summed E-state index contributed by atoms with van der Waals surface area (Å²) in [7, 11) is 0. The molecule has 0 saturated heterocycles. The number of hydrogen-bond acceptors (Lipinski definition) is 1. The third-order valence-corrected chi connectivity index (χ3v) is 10.6. The first kappa shape index (κ1) is 21.7. The molecule has 0 amide bonds. The summed E-state index contributed by atoms with van der Waals surface area (Å²) < 4.78 is 0. The van der Waals surface area contributed by atoms with Gasteiger partial charge in [-0.15, -0.1) is 0 Å². The van der Waals surface area contributed by atoms with Gasteiger partial charge >= 0.3 is 0 Å². The fourth-order valence-corrected chi connectivity index (χ4v) is 8.33. The van der Waals surface area contributed by atoms with Crippen LogP contribution in [0.3, 0.4) is 0 Å². The van der Waals surface area contributed by atoms with E-state index in [1.165, 1.54) is 44.9 Å². The van der Waals surface area contributed by atoms with Gasteiger partial charge in [0, 0.05) is 5.41 Å². The highest BCUT2D eigenvalue weighted by atomic mass is 16.3. The molecule has 4 aliphatic carbocycles. The summed E-state index contributed by atoms with van der Waals surface area (Å²) in [6.45, 7) is 14.6. The van der Waals surface area contributed by atoms with Gasteiger partial charge in [0.25, 0.3) is 0 Å². The van der Waals surface area contributed by atoms with E-state index in [1.54, 1.807) is 5.57 Å². The summed E-state index contributed by atoms with van der Waals surface area (Å²) >= 11 is 0. The lowest BCUT2D eigenvalue weighted by atomic mass is 9.46. The van der Waals surface area contributed by atoms with Crippen molar-refractivity contribution in [2.24, 2.45) is 52.3 Å². The molecule has 0 aliphatic heterocycles. The van der Waals surface area contributed by atoms with Crippen molar-refractivity contribution in [2.45, 2.75) is 99.0 Å². The quantitative estimate of drug-likeness (QED) is 0.489. The van der Waals surface area contributed by atoms with Crippen LogP contribution in [0.5, 0.6) is 0 Å². The van der Waals surface area contributed by atoms with Crippen LogP contribution in [0.4, 0.5) is 0 Å². The highest BCUT2D eigenvalue weighted by molar-refractivity contribution is 5.26. The number of rotatable bonds is 4. The largest absolute Gasteiger partial charge is 0.392 e. The molecule has 0 radical (unpaired) electrons. The van der Waals surface area contributed by atoms with Crippen LogP contribution in [0.1, 0.15) is 92.9 Å². The molecule has 1 N–H and O–H groups in total. The minimum atomic E-state index is -0.115. The van der Waals surface area contributed by atoms with Gasteiger partial charge in [-0.2, -0.15) is 0 Å². The summed E-state index contributed by atoms with van der Waals surface area (Å²) in [6.07, 6.45) is 17.7.